The van der Waals surface area contributed by atoms with E-state index in [1.54, 1.807) is 6.07 Å². The highest BCUT2D eigenvalue weighted by atomic mass is 32.2. The second-order valence-electron chi connectivity index (χ2n) is 7.37. The van der Waals surface area contributed by atoms with Gasteiger partial charge in [0.2, 0.25) is 5.91 Å². The predicted octanol–water partition coefficient (Wildman–Crippen LogP) is 4.24. The van der Waals surface area contributed by atoms with Crippen LogP contribution >= 0.6 is 23.1 Å². The molecule has 6 nitrogen and oxygen atoms in total. The van der Waals surface area contributed by atoms with E-state index in [0.29, 0.717) is 11.7 Å². The lowest BCUT2D eigenvalue weighted by molar-refractivity contribution is -0.384. The number of nitrogens with zero attached hydrogens (tertiary/aromatic N) is 2. The van der Waals surface area contributed by atoms with Crippen LogP contribution in [-0.2, 0) is 4.79 Å². The highest BCUT2D eigenvalue weighted by Crippen LogP contribution is 2.49. The van der Waals surface area contributed by atoms with Gasteiger partial charge in [-0.2, -0.15) is 0 Å². The highest BCUT2D eigenvalue weighted by Gasteiger charge is 2.42. The molecule has 1 heterocycles. The maximum atomic E-state index is 12.3. The van der Waals surface area contributed by atoms with Crippen LogP contribution in [0, 0.1) is 27.9 Å². The molecule has 138 valence electrons. The van der Waals surface area contributed by atoms with E-state index in [2.05, 4.69) is 17.2 Å². The molecule has 0 radical (unpaired) electrons. The molecule has 4 rings (SSSR count). The monoisotopic (exact) mass is 391 g/mol. The molecular weight excluding hydrogens is 370 g/mol. The van der Waals surface area contributed by atoms with Gasteiger partial charge in [0.15, 0.2) is 4.34 Å². The van der Waals surface area contributed by atoms with Crippen LogP contribution < -0.4 is 5.32 Å². The van der Waals surface area contributed by atoms with E-state index in [4.69, 9.17) is 0 Å². The number of aromatic nitrogens is 1. The first-order valence-electron chi connectivity index (χ1n) is 8.96. The van der Waals surface area contributed by atoms with Gasteiger partial charge in [-0.3, -0.25) is 14.9 Å². The van der Waals surface area contributed by atoms with Crippen molar-refractivity contribution in [1.29, 1.82) is 0 Å². The van der Waals surface area contributed by atoms with Crippen LogP contribution in [0.3, 0.4) is 0 Å². The zero-order valence-electron chi connectivity index (χ0n) is 14.5. The summed E-state index contributed by atoms with van der Waals surface area (Å²) in [6.07, 6.45) is 5.29. The number of hydrogen-bond donors (Lipinski definition) is 1. The molecule has 2 bridgehead atoms. The minimum atomic E-state index is -0.406. The summed E-state index contributed by atoms with van der Waals surface area (Å²) in [5, 5.41) is 14.0. The predicted molar refractivity (Wildman–Crippen MR) is 104 cm³/mol. The van der Waals surface area contributed by atoms with E-state index in [1.165, 1.54) is 60.9 Å². The molecule has 0 unspecified atom stereocenters. The van der Waals surface area contributed by atoms with Crippen LogP contribution in [0.15, 0.2) is 22.5 Å². The number of thiazole rings is 1. The van der Waals surface area contributed by atoms with Crippen LogP contribution in [-0.4, -0.2) is 27.6 Å². The molecule has 2 saturated carbocycles. The summed E-state index contributed by atoms with van der Waals surface area (Å²) in [4.78, 5) is 27.2. The molecule has 2 aliphatic rings. The van der Waals surface area contributed by atoms with Crippen LogP contribution in [0.25, 0.3) is 10.2 Å². The van der Waals surface area contributed by atoms with E-state index in [-0.39, 0.29) is 17.6 Å². The molecule has 0 saturated heterocycles. The molecule has 2 aliphatic carbocycles. The number of rotatable bonds is 6. The van der Waals surface area contributed by atoms with E-state index < -0.39 is 4.92 Å². The molecular formula is C18H21N3O3S2. The third kappa shape index (κ3) is 3.57. The van der Waals surface area contributed by atoms with Crippen molar-refractivity contribution in [3.05, 3.63) is 28.3 Å². The maximum Gasteiger partial charge on any atom is 0.270 e. The van der Waals surface area contributed by atoms with Gasteiger partial charge in [-0.15, -0.1) is 11.3 Å². The van der Waals surface area contributed by atoms with Gasteiger partial charge in [0, 0.05) is 18.2 Å². The Balaban J connectivity index is 1.32. The lowest BCUT2D eigenvalue weighted by Gasteiger charge is -2.28. The van der Waals surface area contributed by atoms with Crippen molar-refractivity contribution in [3.63, 3.8) is 0 Å². The number of benzene rings is 1. The number of nitro benzene ring substituents is 1. The Hall–Kier alpha value is -1.67. The Labute approximate surface area is 159 Å². The normalized spacial score (nSPS) is 25.5. The average molecular weight is 392 g/mol. The maximum absolute atomic E-state index is 12.3. The molecule has 8 heteroatoms. The summed E-state index contributed by atoms with van der Waals surface area (Å²) in [6.45, 7) is 2.13. The largest absolute Gasteiger partial charge is 0.353 e. The Morgan fingerprint density at radius 3 is 3.00 bits per heavy atom. The molecule has 1 N–H and O–H groups in total. The molecule has 26 heavy (non-hydrogen) atoms. The van der Waals surface area contributed by atoms with Gasteiger partial charge < -0.3 is 5.32 Å². The van der Waals surface area contributed by atoms with Gasteiger partial charge in [-0.1, -0.05) is 18.2 Å². The SMILES string of the molecule is C[C@H](NC(=O)CSc1nc2ccc([N+](=O)[O-])cc2s1)[C@@H]1C[C@@H]2CC[C@@H]1C2. The molecule has 1 amide bonds. The van der Waals surface area contributed by atoms with Crippen molar-refractivity contribution in [2.24, 2.45) is 17.8 Å². The standard InChI is InChI=1S/C18H21N3O3S2/c1-10(14-7-11-2-3-12(14)6-11)19-17(22)9-25-18-20-15-5-4-13(21(23)24)8-16(15)26-18/h4-5,8,10-12,14H,2-3,6-7,9H2,1H3,(H,19,22)/t10-,11+,12+,14-/m0/s1. The fraction of sp³-hybridized carbons (Fsp3) is 0.556. The van der Waals surface area contributed by atoms with Crippen molar-refractivity contribution in [2.75, 3.05) is 5.75 Å². The Morgan fingerprint density at radius 1 is 1.46 bits per heavy atom. The summed E-state index contributed by atoms with van der Waals surface area (Å²) in [5.74, 6) is 2.67. The quantitative estimate of drug-likeness (QED) is 0.452. The lowest BCUT2D eigenvalue weighted by atomic mass is 9.84. The van der Waals surface area contributed by atoms with E-state index in [1.807, 2.05) is 0 Å². The summed E-state index contributed by atoms with van der Waals surface area (Å²) in [6, 6.07) is 4.89. The summed E-state index contributed by atoms with van der Waals surface area (Å²) >= 11 is 2.79. The lowest BCUT2D eigenvalue weighted by Crippen LogP contribution is -2.40. The smallest absolute Gasteiger partial charge is 0.270 e. The van der Waals surface area contributed by atoms with Crippen molar-refractivity contribution in [2.45, 2.75) is 43.0 Å². The minimum Gasteiger partial charge on any atom is -0.353 e. The number of thioether (sulfide) groups is 1. The fourth-order valence-electron chi connectivity index (χ4n) is 4.50. The van der Waals surface area contributed by atoms with Crippen LogP contribution in [0.2, 0.25) is 0 Å². The second-order valence-corrected chi connectivity index (χ2v) is 9.63. The number of hydrogen-bond acceptors (Lipinski definition) is 6. The number of nitrogens with one attached hydrogen (secondary N) is 1. The Morgan fingerprint density at radius 2 is 2.31 bits per heavy atom. The Bertz CT molecular complexity index is 853. The molecule has 1 aromatic carbocycles. The topological polar surface area (TPSA) is 85.1 Å². The summed E-state index contributed by atoms with van der Waals surface area (Å²) in [5.41, 5.74) is 0.800. The van der Waals surface area contributed by atoms with Crippen molar-refractivity contribution in [1.82, 2.24) is 10.3 Å². The minimum absolute atomic E-state index is 0.0375. The fourth-order valence-corrected chi connectivity index (χ4v) is 6.42. The number of carbonyl (C=O) groups excluding carboxylic acids is 1. The number of amides is 1. The van der Waals surface area contributed by atoms with Gasteiger partial charge in [-0.05, 0) is 50.0 Å². The number of carbonyl (C=O) groups is 1. The first kappa shape index (κ1) is 17.7. The first-order valence-corrected chi connectivity index (χ1v) is 10.8. The van der Waals surface area contributed by atoms with Crippen LogP contribution in [0.5, 0.6) is 0 Å². The van der Waals surface area contributed by atoms with Gasteiger partial charge in [0.05, 0.1) is 20.9 Å². The second kappa shape index (κ2) is 7.15. The molecule has 1 aromatic heterocycles. The third-order valence-electron chi connectivity index (χ3n) is 5.71. The molecule has 0 aliphatic heterocycles. The average Bonchev–Trinajstić information content (AvgIpc) is 3.33. The molecule has 2 aromatic rings. The summed E-state index contributed by atoms with van der Waals surface area (Å²) < 4.78 is 1.54. The number of fused-ring (bicyclic) bond motifs is 3. The van der Waals surface area contributed by atoms with Crippen LogP contribution in [0.4, 0.5) is 5.69 Å². The van der Waals surface area contributed by atoms with Crippen molar-refractivity contribution in [3.8, 4) is 0 Å². The van der Waals surface area contributed by atoms with Gasteiger partial charge in [0.1, 0.15) is 0 Å². The third-order valence-corrected chi connectivity index (χ3v) is 7.87. The number of nitro groups is 1. The number of non-ortho nitro benzene ring substituents is 1. The van der Waals surface area contributed by atoms with Gasteiger partial charge in [-0.25, -0.2) is 4.98 Å². The zero-order chi connectivity index (χ0) is 18.3. The van der Waals surface area contributed by atoms with Crippen LogP contribution in [0.1, 0.15) is 32.6 Å². The van der Waals surface area contributed by atoms with E-state index >= 15 is 0 Å². The van der Waals surface area contributed by atoms with Crippen molar-refractivity contribution >= 4 is 44.9 Å². The Kier molecular flexibility index (Phi) is 4.88. The first-order chi connectivity index (χ1) is 12.5. The zero-order valence-corrected chi connectivity index (χ0v) is 16.1. The summed E-state index contributed by atoms with van der Waals surface area (Å²) in [7, 11) is 0. The van der Waals surface area contributed by atoms with E-state index in [9.17, 15) is 14.9 Å². The molecule has 4 atom stereocenters. The molecule has 0 spiro atoms. The van der Waals surface area contributed by atoms with Gasteiger partial charge >= 0.3 is 0 Å². The van der Waals surface area contributed by atoms with Gasteiger partial charge in [0.25, 0.3) is 5.69 Å². The van der Waals surface area contributed by atoms with E-state index in [0.717, 1.165) is 26.4 Å². The van der Waals surface area contributed by atoms with Crippen molar-refractivity contribution < 1.29 is 9.72 Å². The molecule has 2 fully saturated rings. The highest BCUT2D eigenvalue weighted by molar-refractivity contribution is 8.01.